The van der Waals surface area contributed by atoms with E-state index in [9.17, 15) is 9.59 Å². The lowest BCUT2D eigenvalue weighted by atomic mass is 9.96. The third-order valence-corrected chi connectivity index (χ3v) is 4.39. The van der Waals surface area contributed by atoms with Crippen LogP contribution in [0.5, 0.6) is 0 Å². The lowest BCUT2D eigenvalue weighted by molar-refractivity contribution is 0.0691. The highest BCUT2D eigenvalue weighted by atomic mass is 16.4. The van der Waals surface area contributed by atoms with Crippen molar-refractivity contribution in [3.63, 3.8) is 0 Å². The molecule has 9 heteroatoms. The van der Waals surface area contributed by atoms with Crippen molar-refractivity contribution in [3.8, 4) is 11.3 Å². The molecule has 2 aromatic rings. The van der Waals surface area contributed by atoms with E-state index in [0.29, 0.717) is 28.9 Å². The van der Waals surface area contributed by atoms with Crippen molar-refractivity contribution >= 4 is 23.6 Å². The first-order chi connectivity index (χ1) is 12.6. The molecule has 9 nitrogen and oxygen atoms in total. The minimum atomic E-state index is -1.06. The number of carboxylic acid groups (broad SMARTS) is 1. The zero-order valence-corrected chi connectivity index (χ0v) is 14.5. The molecule has 0 radical (unpaired) electrons. The minimum Gasteiger partial charge on any atom is -0.477 e. The first-order valence-corrected chi connectivity index (χ1v) is 8.61. The standard InChI is InChI=1S/C17H22N6O3/c1-18-17(26)22-13-9-20-16(21-11-5-3-2-4-6-11)23-14(13)10-7-12(15(24)25)19-8-10/h7-9,11,19H,2-6H2,1H3,(H,24,25)(H2,18,22,26)(H,20,21,23). The van der Waals surface area contributed by atoms with E-state index >= 15 is 0 Å². The van der Waals surface area contributed by atoms with Gasteiger partial charge in [0.2, 0.25) is 5.95 Å². The Balaban J connectivity index is 1.91. The zero-order chi connectivity index (χ0) is 18.5. The van der Waals surface area contributed by atoms with Gasteiger partial charge in [0.05, 0.1) is 11.9 Å². The van der Waals surface area contributed by atoms with E-state index in [1.165, 1.54) is 38.6 Å². The van der Waals surface area contributed by atoms with E-state index in [4.69, 9.17) is 5.11 Å². The molecule has 2 aromatic heterocycles. The summed E-state index contributed by atoms with van der Waals surface area (Å²) in [5.74, 6) is -0.598. The van der Waals surface area contributed by atoms with Gasteiger partial charge >= 0.3 is 12.0 Å². The van der Waals surface area contributed by atoms with Crippen molar-refractivity contribution in [2.75, 3.05) is 17.7 Å². The van der Waals surface area contributed by atoms with Gasteiger partial charge in [0.1, 0.15) is 11.4 Å². The number of carbonyl (C=O) groups excluding carboxylic acids is 1. The average molecular weight is 358 g/mol. The number of aromatic amines is 1. The molecule has 138 valence electrons. The summed E-state index contributed by atoms with van der Waals surface area (Å²) >= 11 is 0. The van der Waals surface area contributed by atoms with Crippen LogP contribution in [0.4, 0.5) is 16.4 Å². The molecule has 0 unspecified atom stereocenters. The number of carbonyl (C=O) groups is 2. The number of rotatable bonds is 5. The topological polar surface area (TPSA) is 132 Å². The van der Waals surface area contributed by atoms with E-state index in [1.54, 1.807) is 6.20 Å². The normalized spacial score (nSPS) is 14.7. The zero-order valence-electron chi connectivity index (χ0n) is 14.5. The molecule has 26 heavy (non-hydrogen) atoms. The Labute approximate surface area is 150 Å². The van der Waals surface area contributed by atoms with Crippen LogP contribution < -0.4 is 16.0 Å². The summed E-state index contributed by atoms with van der Waals surface area (Å²) in [4.78, 5) is 34.3. The molecule has 1 aliphatic rings. The maximum absolute atomic E-state index is 11.7. The van der Waals surface area contributed by atoms with Gasteiger partial charge < -0.3 is 26.0 Å². The molecule has 0 bridgehead atoms. The summed E-state index contributed by atoms with van der Waals surface area (Å²) < 4.78 is 0. The van der Waals surface area contributed by atoms with E-state index in [-0.39, 0.29) is 5.69 Å². The largest absolute Gasteiger partial charge is 0.477 e. The van der Waals surface area contributed by atoms with Crippen molar-refractivity contribution in [1.82, 2.24) is 20.3 Å². The Morgan fingerprint density at radius 1 is 1.27 bits per heavy atom. The Kier molecular flexibility index (Phi) is 5.35. The highest BCUT2D eigenvalue weighted by molar-refractivity contribution is 5.94. The lowest BCUT2D eigenvalue weighted by Crippen LogP contribution is -2.26. The first kappa shape index (κ1) is 17.7. The predicted molar refractivity (Wildman–Crippen MR) is 97.4 cm³/mol. The quantitative estimate of drug-likeness (QED) is 0.558. The summed E-state index contributed by atoms with van der Waals surface area (Å²) in [5, 5.41) is 17.6. The van der Waals surface area contributed by atoms with Gasteiger partial charge in [0.15, 0.2) is 0 Å². The van der Waals surface area contributed by atoms with Crippen molar-refractivity contribution in [1.29, 1.82) is 0 Å². The molecule has 1 aliphatic carbocycles. The fourth-order valence-electron chi connectivity index (χ4n) is 3.03. The minimum absolute atomic E-state index is 0.0475. The third-order valence-electron chi connectivity index (χ3n) is 4.39. The number of aromatic carboxylic acids is 1. The average Bonchev–Trinajstić information content (AvgIpc) is 3.14. The molecule has 5 N–H and O–H groups in total. The van der Waals surface area contributed by atoms with Gasteiger partial charge in [-0.2, -0.15) is 0 Å². The highest BCUT2D eigenvalue weighted by Gasteiger charge is 2.18. The molecule has 1 fully saturated rings. The van der Waals surface area contributed by atoms with Crippen molar-refractivity contribution in [2.45, 2.75) is 38.1 Å². The smallest absolute Gasteiger partial charge is 0.352 e. The second kappa shape index (κ2) is 7.85. The van der Waals surface area contributed by atoms with Gasteiger partial charge in [-0.15, -0.1) is 0 Å². The summed E-state index contributed by atoms with van der Waals surface area (Å²) in [6.07, 6.45) is 8.83. The fourth-order valence-corrected chi connectivity index (χ4v) is 3.03. The Bertz CT molecular complexity index is 798. The number of urea groups is 1. The van der Waals surface area contributed by atoms with Crippen molar-refractivity contribution < 1.29 is 14.7 Å². The SMILES string of the molecule is CNC(=O)Nc1cnc(NC2CCCCC2)nc1-c1c[nH]c(C(=O)O)c1. The van der Waals surface area contributed by atoms with Crippen LogP contribution in [-0.2, 0) is 0 Å². The molecule has 0 saturated heterocycles. The van der Waals surface area contributed by atoms with Crippen LogP contribution in [0.25, 0.3) is 11.3 Å². The summed E-state index contributed by atoms with van der Waals surface area (Å²) in [6, 6.07) is 1.40. The molecule has 3 rings (SSSR count). The lowest BCUT2D eigenvalue weighted by Gasteiger charge is -2.23. The number of nitrogens with zero attached hydrogens (tertiary/aromatic N) is 2. The number of aromatic nitrogens is 3. The van der Waals surface area contributed by atoms with Crippen molar-refractivity contribution in [2.24, 2.45) is 0 Å². The summed E-state index contributed by atoms with van der Waals surface area (Å²) in [7, 11) is 1.51. The Morgan fingerprint density at radius 2 is 2.04 bits per heavy atom. The molecular weight excluding hydrogens is 336 g/mol. The molecule has 0 aliphatic heterocycles. The van der Waals surface area contributed by atoms with Gasteiger partial charge in [0, 0.05) is 24.8 Å². The van der Waals surface area contributed by atoms with Gasteiger partial charge in [0.25, 0.3) is 0 Å². The van der Waals surface area contributed by atoms with Gasteiger partial charge in [-0.3, -0.25) is 0 Å². The molecular formula is C17H22N6O3. The third kappa shape index (κ3) is 4.11. The number of carboxylic acids is 1. The van der Waals surface area contributed by atoms with Crippen LogP contribution in [0.1, 0.15) is 42.6 Å². The Morgan fingerprint density at radius 3 is 2.69 bits per heavy atom. The van der Waals surface area contributed by atoms with Crippen LogP contribution in [0.15, 0.2) is 18.5 Å². The summed E-state index contributed by atoms with van der Waals surface area (Å²) in [5.41, 5.74) is 1.45. The number of hydrogen-bond acceptors (Lipinski definition) is 5. The number of amides is 2. The predicted octanol–water partition coefficient (Wildman–Crippen LogP) is 2.67. The maximum atomic E-state index is 11.7. The second-order valence-electron chi connectivity index (χ2n) is 6.25. The van der Waals surface area contributed by atoms with Crippen LogP contribution in [0.3, 0.4) is 0 Å². The maximum Gasteiger partial charge on any atom is 0.352 e. The second-order valence-corrected chi connectivity index (χ2v) is 6.25. The van der Waals surface area contributed by atoms with Crippen LogP contribution in [-0.4, -0.2) is 45.1 Å². The Hall–Kier alpha value is -3.10. The van der Waals surface area contributed by atoms with Crippen molar-refractivity contribution in [3.05, 3.63) is 24.2 Å². The monoisotopic (exact) mass is 358 g/mol. The van der Waals surface area contributed by atoms with E-state index in [2.05, 4.69) is 30.9 Å². The molecule has 0 spiro atoms. The van der Waals surface area contributed by atoms with Gasteiger partial charge in [-0.05, 0) is 18.9 Å². The van der Waals surface area contributed by atoms with Crippen LogP contribution in [0.2, 0.25) is 0 Å². The molecule has 0 aromatic carbocycles. The summed E-state index contributed by atoms with van der Waals surface area (Å²) in [6.45, 7) is 0. The molecule has 1 saturated carbocycles. The van der Waals surface area contributed by atoms with Gasteiger partial charge in [-0.25, -0.2) is 19.6 Å². The molecule has 2 heterocycles. The first-order valence-electron chi connectivity index (χ1n) is 8.61. The van der Waals surface area contributed by atoms with E-state index in [0.717, 1.165) is 12.8 Å². The van der Waals surface area contributed by atoms with E-state index < -0.39 is 12.0 Å². The van der Waals surface area contributed by atoms with Gasteiger partial charge in [-0.1, -0.05) is 19.3 Å². The number of hydrogen-bond donors (Lipinski definition) is 5. The number of H-pyrrole nitrogens is 1. The number of anilines is 2. The molecule has 0 atom stereocenters. The molecule has 2 amide bonds. The van der Waals surface area contributed by atoms with Crippen LogP contribution >= 0.6 is 0 Å². The highest BCUT2D eigenvalue weighted by Crippen LogP contribution is 2.28. The fraction of sp³-hybridized carbons (Fsp3) is 0.412. The van der Waals surface area contributed by atoms with Crippen LogP contribution in [0, 0.1) is 0 Å². The van der Waals surface area contributed by atoms with E-state index in [1.807, 2.05) is 0 Å². The number of nitrogens with one attached hydrogen (secondary N) is 4.